The Kier molecular flexibility index (Phi) is 3.78. The van der Waals surface area contributed by atoms with Crippen LogP contribution in [0.2, 0.25) is 0 Å². The van der Waals surface area contributed by atoms with Crippen molar-refractivity contribution in [3.8, 4) is 5.75 Å². The van der Waals surface area contributed by atoms with Crippen molar-refractivity contribution in [1.29, 1.82) is 0 Å². The van der Waals surface area contributed by atoms with Crippen molar-refractivity contribution in [2.24, 2.45) is 0 Å². The van der Waals surface area contributed by atoms with Crippen molar-refractivity contribution >= 4 is 11.5 Å². The fraction of sp³-hybridized carbons (Fsp3) is 0.231. The van der Waals surface area contributed by atoms with Gasteiger partial charge in [0.15, 0.2) is 0 Å². The predicted molar refractivity (Wildman–Crippen MR) is 67.9 cm³/mol. The summed E-state index contributed by atoms with van der Waals surface area (Å²) in [5, 5.41) is 3.02. The topological polar surface area (TPSA) is 47.0 Å². The highest BCUT2D eigenvalue weighted by atomic mass is 19.4. The van der Waals surface area contributed by atoms with Crippen LogP contribution in [0.3, 0.4) is 0 Å². The van der Waals surface area contributed by atoms with Crippen LogP contribution in [0.25, 0.3) is 0 Å². The first-order valence-corrected chi connectivity index (χ1v) is 5.76. The zero-order valence-electron chi connectivity index (χ0n) is 10.8. The minimum absolute atomic E-state index is 0.265. The molecular formula is C13H12F3N3O. The molecule has 1 aromatic heterocycles. The van der Waals surface area contributed by atoms with E-state index >= 15 is 0 Å². The summed E-state index contributed by atoms with van der Waals surface area (Å²) in [6.45, 7) is 3.71. The van der Waals surface area contributed by atoms with E-state index in [1.165, 1.54) is 30.6 Å². The summed E-state index contributed by atoms with van der Waals surface area (Å²) in [5.41, 5.74) is 2.32. The number of hydrogen-bond acceptors (Lipinski definition) is 4. The molecule has 0 unspecified atom stereocenters. The lowest BCUT2D eigenvalue weighted by Gasteiger charge is -2.11. The molecule has 0 fully saturated rings. The van der Waals surface area contributed by atoms with Gasteiger partial charge >= 0.3 is 6.36 Å². The molecule has 2 rings (SSSR count). The number of anilines is 2. The summed E-state index contributed by atoms with van der Waals surface area (Å²) in [6, 6.07) is 5.44. The van der Waals surface area contributed by atoms with E-state index in [1.807, 2.05) is 13.8 Å². The molecule has 4 nitrogen and oxygen atoms in total. The van der Waals surface area contributed by atoms with Crippen molar-refractivity contribution in [3.05, 3.63) is 41.9 Å². The van der Waals surface area contributed by atoms with E-state index in [0.29, 0.717) is 11.5 Å². The highest BCUT2D eigenvalue weighted by molar-refractivity contribution is 5.60. The Morgan fingerprint density at radius 3 is 2.30 bits per heavy atom. The van der Waals surface area contributed by atoms with E-state index in [4.69, 9.17) is 0 Å². The van der Waals surface area contributed by atoms with E-state index < -0.39 is 6.36 Å². The first kappa shape index (κ1) is 14.1. The third kappa shape index (κ3) is 3.59. The van der Waals surface area contributed by atoms with Crippen LogP contribution in [-0.4, -0.2) is 16.3 Å². The normalized spacial score (nSPS) is 11.2. The first-order chi connectivity index (χ1) is 9.35. The number of hydrogen-bond donors (Lipinski definition) is 1. The Labute approximate surface area is 113 Å². The number of alkyl halides is 3. The van der Waals surface area contributed by atoms with Gasteiger partial charge in [-0.3, -0.25) is 0 Å². The van der Waals surface area contributed by atoms with Gasteiger partial charge < -0.3 is 10.1 Å². The molecule has 1 aromatic carbocycles. The Bertz CT molecular complexity index is 597. The van der Waals surface area contributed by atoms with Crippen molar-refractivity contribution in [2.75, 3.05) is 5.32 Å². The maximum Gasteiger partial charge on any atom is 0.573 e. The number of nitrogens with zero attached hydrogens (tertiary/aromatic N) is 2. The average molecular weight is 283 g/mol. The Morgan fingerprint density at radius 2 is 1.70 bits per heavy atom. The minimum atomic E-state index is -4.69. The van der Waals surface area contributed by atoms with Crippen LogP contribution < -0.4 is 10.1 Å². The number of aryl methyl sites for hydroxylation is 1. The molecule has 0 bridgehead atoms. The van der Waals surface area contributed by atoms with Gasteiger partial charge in [0.25, 0.3) is 0 Å². The highest BCUT2D eigenvalue weighted by Gasteiger charge is 2.30. The summed E-state index contributed by atoms with van der Waals surface area (Å²) >= 11 is 0. The summed E-state index contributed by atoms with van der Waals surface area (Å²) in [7, 11) is 0. The lowest BCUT2D eigenvalue weighted by Crippen LogP contribution is -2.17. The van der Waals surface area contributed by atoms with Gasteiger partial charge in [-0.2, -0.15) is 0 Å². The van der Waals surface area contributed by atoms with Crippen molar-refractivity contribution in [1.82, 2.24) is 9.97 Å². The lowest BCUT2D eigenvalue weighted by molar-refractivity contribution is -0.274. The maximum atomic E-state index is 12.0. The molecule has 20 heavy (non-hydrogen) atoms. The lowest BCUT2D eigenvalue weighted by atomic mass is 10.2. The van der Waals surface area contributed by atoms with E-state index in [9.17, 15) is 13.2 Å². The fourth-order valence-electron chi connectivity index (χ4n) is 1.54. The molecule has 0 saturated carbocycles. The molecule has 0 spiro atoms. The molecule has 7 heteroatoms. The molecule has 0 aliphatic rings. The standard InChI is InChI=1S/C13H12F3N3O/c1-8-9(2)17-7-18-12(8)19-10-3-5-11(6-4-10)20-13(14,15)16/h3-7H,1-2H3,(H,17,18,19). The average Bonchev–Trinajstić information content (AvgIpc) is 2.35. The third-order valence-electron chi connectivity index (χ3n) is 2.69. The number of nitrogens with one attached hydrogen (secondary N) is 1. The van der Waals surface area contributed by atoms with Crippen molar-refractivity contribution < 1.29 is 17.9 Å². The zero-order valence-corrected chi connectivity index (χ0v) is 10.8. The summed E-state index contributed by atoms with van der Waals surface area (Å²) in [6.07, 6.45) is -3.26. The van der Waals surface area contributed by atoms with E-state index in [1.54, 1.807) is 0 Å². The van der Waals surface area contributed by atoms with Gasteiger partial charge in [-0.25, -0.2) is 9.97 Å². The van der Waals surface area contributed by atoms with Crippen LogP contribution in [0.5, 0.6) is 5.75 Å². The fourth-order valence-corrected chi connectivity index (χ4v) is 1.54. The number of rotatable bonds is 3. The number of benzene rings is 1. The van der Waals surface area contributed by atoms with Crippen LogP contribution in [0.15, 0.2) is 30.6 Å². The molecule has 0 aliphatic carbocycles. The molecule has 0 atom stereocenters. The van der Waals surface area contributed by atoms with Crippen LogP contribution in [0.4, 0.5) is 24.7 Å². The molecule has 0 radical (unpaired) electrons. The molecule has 0 aliphatic heterocycles. The second-order valence-electron chi connectivity index (χ2n) is 4.13. The van der Waals surface area contributed by atoms with Gasteiger partial charge in [-0.15, -0.1) is 13.2 Å². The van der Waals surface area contributed by atoms with E-state index in [-0.39, 0.29) is 5.75 Å². The third-order valence-corrected chi connectivity index (χ3v) is 2.69. The second kappa shape index (κ2) is 5.36. The molecule has 0 saturated heterocycles. The van der Waals surface area contributed by atoms with Crippen molar-refractivity contribution in [3.63, 3.8) is 0 Å². The first-order valence-electron chi connectivity index (χ1n) is 5.76. The summed E-state index contributed by atoms with van der Waals surface area (Å²) < 4.78 is 39.9. The number of halogens is 3. The Balaban J connectivity index is 2.13. The maximum absolute atomic E-state index is 12.0. The van der Waals surface area contributed by atoms with Crippen LogP contribution in [-0.2, 0) is 0 Å². The monoisotopic (exact) mass is 283 g/mol. The number of ether oxygens (including phenoxy) is 1. The molecule has 1 N–H and O–H groups in total. The van der Waals surface area contributed by atoms with E-state index in [2.05, 4.69) is 20.0 Å². The van der Waals surface area contributed by atoms with Gasteiger partial charge in [0, 0.05) is 16.9 Å². The molecule has 106 valence electrons. The summed E-state index contributed by atoms with van der Waals surface area (Å²) in [4.78, 5) is 8.12. The Morgan fingerprint density at radius 1 is 1.05 bits per heavy atom. The van der Waals surface area contributed by atoms with Gasteiger partial charge in [0.05, 0.1) is 0 Å². The van der Waals surface area contributed by atoms with E-state index in [0.717, 1.165) is 11.3 Å². The zero-order chi connectivity index (χ0) is 14.8. The van der Waals surface area contributed by atoms with Gasteiger partial charge in [0.2, 0.25) is 0 Å². The number of aromatic nitrogens is 2. The molecule has 2 aromatic rings. The van der Waals surface area contributed by atoms with Gasteiger partial charge in [-0.1, -0.05) is 0 Å². The SMILES string of the molecule is Cc1ncnc(Nc2ccc(OC(F)(F)F)cc2)c1C. The Hall–Kier alpha value is -2.31. The molecule has 0 amide bonds. The quantitative estimate of drug-likeness (QED) is 0.932. The summed E-state index contributed by atoms with van der Waals surface area (Å²) in [5.74, 6) is 0.348. The van der Waals surface area contributed by atoms with Gasteiger partial charge in [-0.05, 0) is 38.1 Å². The smallest absolute Gasteiger partial charge is 0.406 e. The molecular weight excluding hydrogens is 271 g/mol. The van der Waals surface area contributed by atoms with Crippen LogP contribution in [0, 0.1) is 13.8 Å². The predicted octanol–water partition coefficient (Wildman–Crippen LogP) is 3.74. The van der Waals surface area contributed by atoms with Crippen LogP contribution >= 0.6 is 0 Å². The molecule has 1 heterocycles. The largest absolute Gasteiger partial charge is 0.573 e. The van der Waals surface area contributed by atoms with Crippen molar-refractivity contribution in [2.45, 2.75) is 20.2 Å². The van der Waals surface area contributed by atoms with Crippen LogP contribution in [0.1, 0.15) is 11.3 Å². The minimum Gasteiger partial charge on any atom is -0.406 e. The second-order valence-corrected chi connectivity index (χ2v) is 4.13. The highest BCUT2D eigenvalue weighted by Crippen LogP contribution is 2.25. The van der Waals surface area contributed by atoms with Gasteiger partial charge in [0.1, 0.15) is 17.9 Å².